The Kier molecular flexibility index (Phi) is 25.2. The first-order valence-electron chi connectivity index (χ1n) is 46.4. The second kappa shape index (κ2) is 35.4. The quantitative estimate of drug-likeness (QED) is 0.121. The molecule has 0 bridgehead atoms. The lowest BCUT2D eigenvalue weighted by atomic mass is 9.62. The summed E-state index contributed by atoms with van der Waals surface area (Å²) in [6.07, 6.45) is 39.3. The number of aromatic nitrogens is 4. The van der Waals surface area contributed by atoms with Crippen LogP contribution in [-0.4, -0.2) is 0 Å². The summed E-state index contributed by atoms with van der Waals surface area (Å²) in [6, 6.07) is 65.0. The van der Waals surface area contributed by atoms with Crippen molar-refractivity contribution >= 4 is 43.6 Å². The van der Waals surface area contributed by atoms with Gasteiger partial charge in [-0.05, 0) is 354 Å². The number of fused-ring (bicyclic) bond motifs is 4. The largest absolute Gasteiger partial charge is 0.213 e. The lowest BCUT2D eigenvalue weighted by molar-refractivity contribution is -0.633. The van der Waals surface area contributed by atoms with E-state index in [0.29, 0.717) is 39.9 Å². The molecule has 0 atom stereocenters. The molecule has 8 aromatic carbocycles. The van der Waals surface area contributed by atoms with E-state index < -0.39 is 0 Å². The number of nitrogens with zero attached hydrogens (tertiary/aromatic N) is 4. The Morgan fingerprint density at radius 1 is 0.256 bits per heavy atom. The molecule has 4 heterocycles. The topological polar surface area (TPSA) is 15.5 Å². The molecular weight excluding hydrogens is 1410 g/mol. The number of rotatable bonds is 10. The highest BCUT2D eigenvalue weighted by molar-refractivity contribution is 5.86. The Morgan fingerprint density at radius 3 is 0.752 bits per heavy atom. The molecule has 0 N–H and O–H groups in total. The third-order valence-electron chi connectivity index (χ3n) is 31.9. The fourth-order valence-electron chi connectivity index (χ4n) is 23.9. The minimum absolute atomic E-state index is 0.582. The Bertz CT molecular complexity index is 5450. The zero-order chi connectivity index (χ0) is 82.2. The fraction of sp³-hybridized carbons (Fsp3) is 0.469. The maximum atomic E-state index is 2.55. The smallest absolute Gasteiger partial charge is 0.194 e. The molecule has 6 aliphatic carbocycles. The molecule has 0 aliphatic heterocycles. The van der Waals surface area contributed by atoms with Crippen molar-refractivity contribution in [1.82, 2.24) is 0 Å². The summed E-state index contributed by atoms with van der Waals surface area (Å²) in [4.78, 5) is 0. The minimum atomic E-state index is 0.582. The summed E-state index contributed by atoms with van der Waals surface area (Å²) >= 11 is 0. The van der Waals surface area contributed by atoms with Crippen LogP contribution in [0.1, 0.15) is 306 Å². The van der Waals surface area contributed by atoms with E-state index in [2.05, 4.69) is 313 Å². The molecule has 6 fully saturated rings. The SMILES string of the molecule is CCC1(CC)CCC(c2cc(-c3cc(C)cc(C)c3C)[n+](C)c3ccccc23)CC1.Cc1cc(C)c(C)c(-c2cc(C3CCC4(CCCC4)CC3)c3ccccc3[n+]2C)c1.Cc1cc(C)c(C)c(-c2cc(C3CCC4(CCCCC4)CC3)c3ccccc3[n+]2C)c1.Cc1cc(C)c(C)c(-c2cc(C3CCCCC3)c3ccccc3[n+]2C)c1. The van der Waals surface area contributed by atoms with Gasteiger partial charge in [-0.25, -0.2) is 0 Å². The number of hydrogen-bond donors (Lipinski definition) is 0. The molecule has 0 amide bonds. The summed E-state index contributed by atoms with van der Waals surface area (Å²) in [5.41, 5.74) is 41.3. The number of pyridine rings is 4. The second-order valence-corrected chi connectivity index (χ2v) is 38.9. The van der Waals surface area contributed by atoms with Gasteiger partial charge in [0.2, 0.25) is 44.8 Å². The van der Waals surface area contributed by atoms with Crippen LogP contribution < -0.4 is 18.3 Å². The normalized spacial score (nSPS) is 18.7. The standard InChI is InChI=1S/C30H38N.C29H36N.C29H38N.C25H30N/c1-21-18-22(2)23(3)26(19-21)29-20-27(25-10-6-7-11-28(25)31(29)4)24-12-16-30(17-13-24)14-8-5-9-15-30;1-20-17-21(2)22(3)25(18-20)28-19-26(24-9-5-6-10-27(24)30(28)4)23-11-15-29(16-12-23)13-7-8-14-29;1-7-29(8-2)15-13-23(14-16-29)26-19-28(25-18-20(3)17-21(4)22(25)5)30(6)27-12-10-9-11-24(26)27;1-17-14-18(2)19(3)22(15-17)25-16-23(20-10-6-5-7-11-20)21-12-8-9-13-24(21)26(25)4/h6-7,10-11,18-20,24H,5,8-9,12-17H2,1-4H3;5-6,9-10,17-19,23H,7-8,11-16H2,1-4H3;9-12,17-19,23H,7-8,13-16H2,1-6H3;8-9,12-16,20H,5-7,10-11H2,1-4H3/q4*+1. The van der Waals surface area contributed by atoms with E-state index in [1.54, 1.807) is 22.3 Å². The average molecular weight is 1560 g/mol. The first-order valence-corrected chi connectivity index (χ1v) is 46.4. The second-order valence-electron chi connectivity index (χ2n) is 38.9. The zero-order valence-corrected chi connectivity index (χ0v) is 75.6. The van der Waals surface area contributed by atoms with Crippen molar-refractivity contribution in [2.24, 2.45) is 44.4 Å². The molecule has 4 heteroatoms. The molecule has 0 radical (unpaired) electrons. The molecule has 4 nitrogen and oxygen atoms in total. The third-order valence-corrected chi connectivity index (χ3v) is 31.9. The van der Waals surface area contributed by atoms with Gasteiger partial charge in [-0.3, -0.25) is 0 Å². The van der Waals surface area contributed by atoms with E-state index in [1.165, 1.54) is 335 Å². The monoisotopic (exact) mass is 1560 g/mol. The maximum Gasteiger partial charge on any atom is 0.213 e. The van der Waals surface area contributed by atoms with Gasteiger partial charge >= 0.3 is 0 Å². The Hall–Kier alpha value is -8.60. The van der Waals surface area contributed by atoms with E-state index in [0.717, 1.165) is 0 Å². The van der Waals surface area contributed by atoms with E-state index in [-0.39, 0.29) is 0 Å². The molecule has 18 rings (SSSR count). The molecule has 0 unspecified atom stereocenters. The number of hydrogen-bond acceptors (Lipinski definition) is 0. The van der Waals surface area contributed by atoms with Crippen LogP contribution in [0.4, 0.5) is 0 Å². The van der Waals surface area contributed by atoms with E-state index in [9.17, 15) is 0 Å². The minimum Gasteiger partial charge on any atom is -0.194 e. The van der Waals surface area contributed by atoms with Gasteiger partial charge in [0.25, 0.3) is 0 Å². The van der Waals surface area contributed by atoms with Gasteiger partial charge in [-0.15, -0.1) is 0 Å². The summed E-state index contributed by atoms with van der Waals surface area (Å²) in [5.74, 6) is 2.78. The first kappa shape index (κ1) is 83.5. The molecule has 610 valence electrons. The zero-order valence-electron chi connectivity index (χ0n) is 75.6. The van der Waals surface area contributed by atoms with E-state index in [1.807, 2.05) is 0 Å². The highest BCUT2D eigenvalue weighted by Crippen LogP contribution is 2.55. The first-order chi connectivity index (χ1) is 56.4. The van der Waals surface area contributed by atoms with Crippen molar-refractivity contribution in [2.75, 3.05) is 0 Å². The van der Waals surface area contributed by atoms with Crippen molar-refractivity contribution in [3.8, 4) is 45.0 Å². The van der Waals surface area contributed by atoms with Crippen LogP contribution in [0.25, 0.3) is 88.6 Å². The summed E-state index contributed by atoms with van der Waals surface area (Å²) in [6.45, 7) is 31.7. The van der Waals surface area contributed by atoms with Crippen molar-refractivity contribution in [1.29, 1.82) is 0 Å². The van der Waals surface area contributed by atoms with Crippen molar-refractivity contribution in [3.05, 3.63) is 259 Å². The highest BCUT2D eigenvalue weighted by atomic mass is 15.0. The van der Waals surface area contributed by atoms with Gasteiger partial charge < -0.3 is 0 Å². The van der Waals surface area contributed by atoms with E-state index in [4.69, 9.17) is 0 Å². The van der Waals surface area contributed by atoms with Crippen molar-refractivity contribution in [3.63, 3.8) is 0 Å². The summed E-state index contributed by atoms with van der Waals surface area (Å²) < 4.78 is 9.64. The van der Waals surface area contributed by atoms with E-state index >= 15 is 0 Å². The average Bonchev–Trinajstić information content (AvgIpc) is 0.990. The van der Waals surface area contributed by atoms with Crippen LogP contribution in [0.15, 0.2) is 170 Å². The molecule has 12 aromatic rings. The van der Waals surface area contributed by atoms with Crippen LogP contribution in [0.3, 0.4) is 0 Å². The van der Waals surface area contributed by atoms with Gasteiger partial charge in [-0.1, -0.05) is 173 Å². The van der Waals surface area contributed by atoms with Gasteiger partial charge in [0.15, 0.2) is 0 Å². The van der Waals surface area contributed by atoms with Crippen molar-refractivity contribution in [2.45, 2.75) is 300 Å². The predicted octanol–water partition coefficient (Wildman–Crippen LogP) is 29.4. The molecule has 0 saturated heterocycles. The molecular formula is C113H142N4+4. The summed E-state index contributed by atoms with van der Waals surface area (Å²) in [5, 5.41) is 5.79. The molecule has 6 aliphatic rings. The molecule has 6 saturated carbocycles. The Labute approximate surface area is 706 Å². The fourth-order valence-corrected chi connectivity index (χ4v) is 23.9. The number of benzene rings is 8. The number of para-hydroxylation sites is 4. The van der Waals surface area contributed by atoms with Crippen molar-refractivity contribution < 1.29 is 18.3 Å². The molecule has 117 heavy (non-hydrogen) atoms. The highest BCUT2D eigenvalue weighted by Gasteiger charge is 2.41. The van der Waals surface area contributed by atoms with Gasteiger partial charge in [-0.2, -0.15) is 18.3 Å². The molecule has 4 aromatic heterocycles. The maximum absolute atomic E-state index is 2.55. The summed E-state index contributed by atoms with van der Waals surface area (Å²) in [7, 11) is 8.95. The van der Waals surface area contributed by atoms with Crippen LogP contribution in [-0.2, 0) is 28.2 Å². The van der Waals surface area contributed by atoms with Crippen LogP contribution in [0, 0.1) is 99.3 Å². The lowest BCUT2D eigenvalue weighted by Gasteiger charge is -2.43. The van der Waals surface area contributed by atoms with Crippen LogP contribution in [0.2, 0.25) is 0 Å². The lowest BCUT2D eigenvalue weighted by Crippen LogP contribution is -2.34. The van der Waals surface area contributed by atoms with Gasteiger partial charge in [0.1, 0.15) is 28.2 Å². The third kappa shape index (κ3) is 17.1. The van der Waals surface area contributed by atoms with Crippen LogP contribution >= 0.6 is 0 Å². The van der Waals surface area contributed by atoms with Gasteiger partial charge in [0, 0.05) is 92.3 Å². The number of aryl methyl sites for hydroxylation is 12. The van der Waals surface area contributed by atoms with Crippen LogP contribution in [0.5, 0.6) is 0 Å². The van der Waals surface area contributed by atoms with Gasteiger partial charge in [0.05, 0.1) is 0 Å². The molecule has 2 spiro atoms. The predicted molar refractivity (Wildman–Crippen MR) is 498 cm³/mol. The Balaban J connectivity index is 0.000000122. The Morgan fingerprint density at radius 2 is 0.487 bits per heavy atom.